The SMILES string of the molecule is CC(C)(C)N1CCN(CCOc2ccc(Br)cn2)CC1. The largest absolute Gasteiger partial charge is 0.476 e. The number of hydrogen-bond donors (Lipinski definition) is 0. The van der Waals surface area contributed by atoms with E-state index < -0.39 is 0 Å². The lowest BCUT2D eigenvalue weighted by Gasteiger charge is -2.42. The van der Waals surface area contributed by atoms with E-state index in [2.05, 4.69) is 51.5 Å². The van der Waals surface area contributed by atoms with Crippen LogP contribution in [0.25, 0.3) is 0 Å². The molecule has 4 nitrogen and oxygen atoms in total. The van der Waals surface area contributed by atoms with E-state index in [0.29, 0.717) is 12.5 Å². The van der Waals surface area contributed by atoms with Crippen LogP contribution in [0.15, 0.2) is 22.8 Å². The van der Waals surface area contributed by atoms with Crippen LogP contribution in [-0.2, 0) is 0 Å². The minimum Gasteiger partial charge on any atom is -0.476 e. The third-order valence-electron chi connectivity index (χ3n) is 3.68. The Balaban J connectivity index is 1.67. The van der Waals surface area contributed by atoms with E-state index >= 15 is 0 Å². The molecule has 1 saturated heterocycles. The summed E-state index contributed by atoms with van der Waals surface area (Å²) in [6, 6.07) is 3.84. The van der Waals surface area contributed by atoms with Gasteiger partial charge in [0, 0.05) is 55.0 Å². The van der Waals surface area contributed by atoms with Gasteiger partial charge in [-0.05, 0) is 42.8 Å². The van der Waals surface area contributed by atoms with Gasteiger partial charge < -0.3 is 4.74 Å². The molecule has 0 spiro atoms. The summed E-state index contributed by atoms with van der Waals surface area (Å²) in [5, 5.41) is 0. The molecule has 0 bridgehead atoms. The van der Waals surface area contributed by atoms with E-state index in [0.717, 1.165) is 37.2 Å². The van der Waals surface area contributed by atoms with Crippen molar-refractivity contribution in [2.75, 3.05) is 39.3 Å². The van der Waals surface area contributed by atoms with Gasteiger partial charge in [0.2, 0.25) is 5.88 Å². The van der Waals surface area contributed by atoms with Gasteiger partial charge in [0.05, 0.1) is 0 Å². The molecule has 20 heavy (non-hydrogen) atoms. The zero-order valence-corrected chi connectivity index (χ0v) is 14.2. The molecule has 112 valence electrons. The third kappa shape index (κ3) is 4.72. The molecule has 2 heterocycles. The van der Waals surface area contributed by atoms with Crippen molar-refractivity contribution in [2.45, 2.75) is 26.3 Å². The Bertz CT molecular complexity index is 408. The fraction of sp³-hybridized carbons (Fsp3) is 0.667. The molecule has 5 heteroatoms. The number of nitrogens with zero attached hydrogens (tertiary/aromatic N) is 3. The minimum atomic E-state index is 0.282. The standard InChI is InChI=1S/C15H24BrN3O/c1-15(2,3)19-8-6-18(7-9-19)10-11-20-14-5-4-13(16)12-17-14/h4-5,12H,6-11H2,1-3H3. The van der Waals surface area contributed by atoms with Crippen LogP contribution >= 0.6 is 15.9 Å². The molecule has 0 N–H and O–H groups in total. The maximum Gasteiger partial charge on any atom is 0.213 e. The molecule has 0 atom stereocenters. The van der Waals surface area contributed by atoms with E-state index in [1.165, 1.54) is 0 Å². The molecule has 1 fully saturated rings. The molecule has 0 aliphatic carbocycles. The van der Waals surface area contributed by atoms with Crippen LogP contribution < -0.4 is 4.74 Å². The minimum absolute atomic E-state index is 0.282. The molecular weight excluding hydrogens is 318 g/mol. The first-order valence-electron chi connectivity index (χ1n) is 7.17. The molecule has 0 aromatic carbocycles. The Labute approximate surface area is 130 Å². The maximum absolute atomic E-state index is 5.67. The lowest BCUT2D eigenvalue weighted by Crippen LogP contribution is -2.53. The number of aromatic nitrogens is 1. The van der Waals surface area contributed by atoms with E-state index in [-0.39, 0.29) is 5.54 Å². The highest BCUT2D eigenvalue weighted by molar-refractivity contribution is 9.10. The van der Waals surface area contributed by atoms with Crippen molar-refractivity contribution >= 4 is 15.9 Å². The predicted octanol–water partition coefficient (Wildman–Crippen LogP) is 2.64. The lowest BCUT2D eigenvalue weighted by atomic mass is 10.1. The summed E-state index contributed by atoms with van der Waals surface area (Å²) in [7, 11) is 0. The number of hydrogen-bond acceptors (Lipinski definition) is 4. The average molecular weight is 342 g/mol. The van der Waals surface area contributed by atoms with E-state index in [9.17, 15) is 0 Å². The zero-order valence-electron chi connectivity index (χ0n) is 12.6. The molecule has 0 radical (unpaired) electrons. The van der Waals surface area contributed by atoms with Crippen molar-refractivity contribution in [3.05, 3.63) is 22.8 Å². The third-order valence-corrected chi connectivity index (χ3v) is 4.15. The highest BCUT2D eigenvalue weighted by Gasteiger charge is 2.25. The molecule has 1 aromatic heterocycles. The van der Waals surface area contributed by atoms with Gasteiger partial charge in [0.1, 0.15) is 6.61 Å². The van der Waals surface area contributed by atoms with Crippen molar-refractivity contribution < 1.29 is 4.74 Å². The van der Waals surface area contributed by atoms with Crippen molar-refractivity contribution in [3.8, 4) is 5.88 Å². The van der Waals surface area contributed by atoms with Gasteiger partial charge in [0.25, 0.3) is 0 Å². The normalized spacial score (nSPS) is 18.2. The maximum atomic E-state index is 5.67. The molecule has 1 aliphatic heterocycles. The Kier molecular flexibility index (Phi) is 5.41. The van der Waals surface area contributed by atoms with Crippen molar-refractivity contribution in [1.82, 2.24) is 14.8 Å². The van der Waals surface area contributed by atoms with Crippen LogP contribution in [0.1, 0.15) is 20.8 Å². The number of ether oxygens (including phenoxy) is 1. The van der Waals surface area contributed by atoms with E-state index in [1.807, 2.05) is 12.1 Å². The van der Waals surface area contributed by atoms with Crippen LogP contribution in [0, 0.1) is 0 Å². The predicted molar refractivity (Wildman–Crippen MR) is 85.2 cm³/mol. The van der Waals surface area contributed by atoms with Gasteiger partial charge in [0.15, 0.2) is 0 Å². The molecule has 0 unspecified atom stereocenters. The Morgan fingerprint density at radius 3 is 2.45 bits per heavy atom. The second-order valence-electron chi connectivity index (χ2n) is 6.16. The second-order valence-corrected chi connectivity index (χ2v) is 7.08. The zero-order chi connectivity index (χ0) is 14.6. The van der Waals surface area contributed by atoms with Crippen LogP contribution in [0.2, 0.25) is 0 Å². The fourth-order valence-corrected chi connectivity index (χ4v) is 2.60. The quantitative estimate of drug-likeness (QED) is 0.841. The lowest BCUT2D eigenvalue weighted by molar-refractivity contribution is 0.0561. The molecule has 1 aromatic rings. The Hall–Kier alpha value is -0.650. The average Bonchev–Trinajstić information content (AvgIpc) is 2.41. The molecule has 2 rings (SSSR count). The van der Waals surface area contributed by atoms with Crippen molar-refractivity contribution in [2.24, 2.45) is 0 Å². The summed E-state index contributed by atoms with van der Waals surface area (Å²) >= 11 is 3.37. The van der Waals surface area contributed by atoms with Crippen molar-refractivity contribution in [3.63, 3.8) is 0 Å². The van der Waals surface area contributed by atoms with Crippen LogP contribution in [0.3, 0.4) is 0 Å². The fourth-order valence-electron chi connectivity index (χ4n) is 2.37. The van der Waals surface area contributed by atoms with Crippen LogP contribution in [-0.4, -0.2) is 59.7 Å². The first-order chi connectivity index (χ1) is 9.45. The van der Waals surface area contributed by atoms with Crippen LogP contribution in [0.5, 0.6) is 5.88 Å². The summed E-state index contributed by atoms with van der Waals surface area (Å²) in [6.07, 6.45) is 1.76. The topological polar surface area (TPSA) is 28.6 Å². The van der Waals surface area contributed by atoms with Gasteiger partial charge in [-0.15, -0.1) is 0 Å². The highest BCUT2D eigenvalue weighted by atomic mass is 79.9. The van der Waals surface area contributed by atoms with E-state index in [4.69, 9.17) is 4.74 Å². The first-order valence-corrected chi connectivity index (χ1v) is 7.96. The Morgan fingerprint density at radius 1 is 1.20 bits per heavy atom. The first kappa shape index (κ1) is 15.7. The number of halogens is 1. The van der Waals surface area contributed by atoms with Gasteiger partial charge in [-0.1, -0.05) is 0 Å². The number of piperazine rings is 1. The summed E-state index contributed by atoms with van der Waals surface area (Å²) in [4.78, 5) is 9.21. The highest BCUT2D eigenvalue weighted by Crippen LogP contribution is 2.16. The van der Waals surface area contributed by atoms with Gasteiger partial charge >= 0.3 is 0 Å². The van der Waals surface area contributed by atoms with Gasteiger partial charge in [-0.25, -0.2) is 4.98 Å². The number of rotatable bonds is 4. The molecular formula is C15H24BrN3O. The van der Waals surface area contributed by atoms with Crippen LogP contribution in [0.4, 0.5) is 0 Å². The summed E-state index contributed by atoms with van der Waals surface area (Å²) in [5.41, 5.74) is 0.282. The molecule has 0 saturated carbocycles. The van der Waals surface area contributed by atoms with E-state index in [1.54, 1.807) is 6.20 Å². The summed E-state index contributed by atoms with van der Waals surface area (Å²) in [5.74, 6) is 0.696. The summed E-state index contributed by atoms with van der Waals surface area (Å²) < 4.78 is 6.65. The smallest absolute Gasteiger partial charge is 0.213 e. The molecule has 0 amide bonds. The van der Waals surface area contributed by atoms with Crippen molar-refractivity contribution in [1.29, 1.82) is 0 Å². The second kappa shape index (κ2) is 6.87. The summed E-state index contributed by atoms with van der Waals surface area (Å²) in [6.45, 7) is 13.0. The monoisotopic (exact) mass is 341 g/mol. The molecule has 1 aliphatic rings. The number of pyridine rings is 1. The van der Waals surface area contributed by atoms with Gasteiger partial charge in [-0.3, -0.25) is 9.80 Å². The van der Waals surface area contributed by atoms with Gasteiger partial charge in [-0.2, -0.15) is 0 Å². The Morgan fingerprint density at radius 2 is 1.90 bits per heavy atom.